The highest BCUT2D eigenvalue weighted by Gasteiger charge is 2.16. The lowest BCUT2D eigenvalue weighted by Crippen LogP contribution is -2.02. The molecule has 0 spiro atoms. The van der Waals surface area contributed by atoms with Crippen LogP contribution in [-0.2, 0) is 0 Å². The number of aromatic nitrogens is 3. The first-order chi connectivity index (χ1) is 9.88. The second-order valence-corrected chi connectivity index (χ2v) is 6.05. The fourth-order valence-corrected chi connectivity index (χ4v) is 3.44. The van der Waals surface area contributed by atoms with E-state index in [4.69, 9.17) is 11.6 Å². The first-order valence-electron chi connectivity index (χ1n) is 6.98. The lowest BCUT2D eigenvalue weighted by molar-refractivity contribution is 1.01. The van der Waals surface area contributed by atoms with E-state index < -0.39 is 0 Å². The number of aryl methyl sites for hydroxylation is 5. The second kappa shape index (κ2) is 4.85. The van der Waals surface area contributed by atoms with Gasteiger partial charge in [0.2, 0.25) is 0 Å². The van der Waals surface area contributed by atoms with Crippen LogP contribution in [0.3, 0.4) is 0 Å². The molecule has 0 aliphatic rings. The van der Waals surface area contributed by atoms with E-state index in [2.05, 4.69) is 53.6 Å². The Labute approximate surface area is 129 Å². The van der Waals surface area contributed by atoms with Crippen LogP contribution in [0.25, 0.3) is 16.7 Å². The van der Waals surface area contributed by atoms with Crippen molar-refractivity contribution in [1.82, 2.24) is 14.5 Å². The zero-order valence-corrected chi connectivity index (χ0v) is 13.7. The molecule has 3 nitrogen and oxygen atoms in total. The molecular weight excluding hydrogens is 282 g/mol. The highest BCUT2D eigenvalue weighted by atomic mass is 35.5. The summed E-state index contributed by atoms with van der Waals surface area (Å²) in [7, 11) is 0. The minimum Gasteiger partial charge on any atom is -0.300 e. The molecule has 2 heterocycles. The predicted octanol–water partition coefficient (Wildman–Crippen LogP) is 4.62. The van der Waals surface area contributed by atoms with Crippen molar-refractivity contribution in [1.29, 1.82) is 0 Å². The van der Waals surface area contributed by atoms with Crippen LogP contribution in [0.1, 0.15) is 28.1 Å². The Morgan fingerprint density at radius 3 is 2.14 bits per heavy atom. The van der Waals surface area contributed by atoms with E-state index in [1.54, 1.807) is 0 Å². The quantitative estimate of drug-likeness (QED) is 0.614. The molecule has 0 radical (unpaired) electrons. The Bertz CT molecular complexity index is 839. The van der Waals surface area contributed by atoms with Crippen LogP contribution in [0.15, 0.2) is 18.3 Å². The fraction of sp³-hybridized carbons (Fsp3) is 0.294. The maximum absolute atomic E-state index is 6.31. The van der Waals surface area contributed by atoms with Crippen LogP contribution in [0.4, 0.5) is 0 Å². The average molecular weight is 300 g/mol. The monoisotopic (exact) mass is 299 g/mol. The van der Waals surface area contributed by atoms with Crippen molar-refractivity contribution in [2.75, 3.05) is 0 Å². The molecule has 3 aromatic rings. The molecule has 0 saturated heterocycles. The van der Waals surface area contributed by atoms with Gasteiger partial charge in [-0.1, -0.05) is 29.3 Å². The van der Waals surface area contributed by atoms with Gasteiger partial charge in [-0.05, 0) is 51.3 Å². The molecule has 1 aromatic carbocycles. The number of fused-ring (bicyclic) bond motifs is 1. The van der Waals surface area contributed by atoms with Crippen LogP contribution in [0.5, 0.6) is 0 Å². The van der Waals surface area contributed by atoms with E-state index in [1.807, 2.05) is 13.8 Å². The van der Waals surface area contributed by atoms with Gasteiger partial charge in [-0.15, -0.1) is 0 Å². The molecular formula is C17H18ClN3. The summed E-state index contributed by atoms with van der Waals surface area (Å²) in [5, 5.41) is 1.46. The third-order valence-corrected chi connectivity index (χ3v) is 4.05. The lowest BCUT2D eigenvalue weighted by Gasteiger charge is -2.13. The first kappa shape index (κ1) is 14.1. The topological polar surface area (TPSA) is 30.7 Å². The molecule has 0 bridgehead atoms. The maximum atomic E-state index is 6.31. The van der Waals surface area contributed by atoms with Crippen molar-refractivity contribution >= 4 is 22.6 Å². The van der Waals surface area contributed by atoms with Gasteiger partial charge in [0.1, 0.15) is 16.6 Å². The molecule has 0 amide bonds. The largest absolute Gasteiger partial charge is 0.300 e. The number of rotatable bonds is 1. The Kier molecular flexibility index (Phi) is 3.25. The van der Waals surface area contributed by atoms with Gasteiger partial charge in [-0.3, -0.25) is 0 Å². The summed E-state index contributed by atoms with van der Waals surface area (Å²) in [4.78, 5) is 8.88. The van der Waals surface area contributed by atoms with Gasteiger partial charge in [0.05, 0.1) is 11.1 Å². The second-order valence-electron chi connectivity index (χ2n) is 5.69. The van der Waals surface area contributed by atoms with E-state index in [0.717, 1.165) is 16.6 Å². The van der Waals surface area contributed by atoms with Gasteiger partial charge in [0.15, 0.2) is 0 Å². The van der Waals surface area contributed by atoms with Gasteiger partial charge in [-0.25, -0.2) is 9.97 Å². The van der Waals surface area contributed by atoms with Crippen LogP contribution < -0.4 is 0 Å². The molecule has 0 aliphatic heterocycles. The minimum atomic E-state index is 0.524. The van der Waals surface area contributed by atoms with Crippen molar-refractivity contribution in [3.05, 3.63) is 51.6 Å². The highest BCUT2D eigenvalue weighted by Crippen LogP contribution is 2.30. The predicted molar refractivity (Wildman–Crippen MR) is 87.6 cm³/mol. The standard InChI is InChI=1S/C17H18ClN3/c1-9-6-10(2)15(11(3)7-9)21-8-12(4)14-16(18)19-13(5)20-17(14)21/h6-8H,1-5H3. The van der Waals surface area contributed by atoms with Crippen molar-refractivity contribution < 1.29 is 0 Å². The number of hydrogen-bond acceptors (Lipinski definition) is 2. The molecule has 0 fully saturated rings. The first-order valence-corrected chi connectivity index (χ1v) is 7.36. The van der Waals surface area contributed by atoms with E-state index in [-0.39, 0.29) is 0 Å². The SMILES string of the molecule is Cc1cc(C)c(-n2cc(C)c3c(Cl)nc(C)nc32)c(C)c1. The van der Waals surface area contributed by atoms with Gasteiger partial charge in [0, 0.05) is 6.20 Å². The van der Waals surface area contributed by atoms with E-state index in [9.17, 15) is 0 Å². The van der Waals surface area contributed by atoms with Gasteiger partial charge in [-0.2, -0.15) is 0 Å². The molecule has 108 valence electrons. The summed E-state index contributed by atoms with van der Waals surface area (Å²) in [6, 6.07) is 4.39. The molecule has 0 atom stereocenters. The number of nitrogens with zero attached hydrogens (tertiary/aromatic N) is 3. The third kappa shape index (κ3) is 2.22. The smallest absolute Gasteiger partial charge is 0.150 e. The summed E-state index contributed by atoms with van der Waals surface area (Å²) < 4.78 is 2.13. The normalized spacial score (nSPS) is 11.3. The molecule has 3 rings (SSSR count). The van der Waals surface area contributed by atoms with Crippen LogP contribution in [0, 0.1) is 34.6 Å². The lowest BCUT2D eigenvalue weighted by atomic mass is 10.1. The van der Waals surface area contributed by atoms with Crippen LogP contribution >= 0.6 is 11.6 Å². The number of benzene rings is 1. The summed E-state index contributed by atoms with van der Waals surface area (Å²) in [5.74, 6) is 0.689. The highest BCUT2D eigenvalue weighted by molar-refractivity contribution is 6.34. The molecule has 0 saturated carbocycles. The van der Waals surface area contributed by atoms with Crippen LogP contribution in [0.2, 0.25) is 5.15 Å². The Balaban J connectivity index is 2.42. The Hall–Kier alpha value is -1.87. The van der Waals surface area contributed by atoms with Crippen LogP contribution in [-0.4, -0.2) is 14.5 Å². The summed E-state index contributed by atoms with van der Waals surface area (Å²) in [5.41, 5.74) is 6.88. The summed E-state index contributed by atoms with van der Waals surface area (Å²) in [6.45, 7) is 10.3. The third-order valence-electron chi connectivity index (χ3n) is 3.78. The molecule has 0 unspecified atom stereocenters. The Morgan fingerprint density at radius 2 is 1.52 bits per heavy atom. The average Bonchev–Trinajstić information content (AvgIpc) is 2.65. The maximum Gasteiger partial charge on any atom is 0.150 e. The minimum absolute atomic E-state index is 0.524. The molecule has 0 N–H and O–H groups in total. The van der Waals surface area contributed by atoms with E-state index >= 15 is 0 Å². The van der Waals surface area contributed by atoms with Crippen molar-refractivity contribution in [2.45, 2.75) is 34.6 Å². The van der Waals surface area contributed by atoms with E-state index in [1.165, 1.54) is 22.4 Å². The fourth-order valence-electron chi connectivity index (χ4n) is 3.08. The zero-order valence-electron chi connectivity index (χ0n) is 13.0. The number of hydrogen-bond donors (Lipinski definition) is 0. The summed E-state index contributed by atoms with van der Waals surface area (Å²) >= 11 is 6.31. The molecule has 0 aliphatic carbocycles. The molecule has 4 heteroatoms. The van der Waals surface area contributed by atoms with Crippen molar-refractivity contribution in [3.63, 3.8) is 0 Å². The van der Waals surface area contributed by atoms with Crippen molar-refractivity contribution in [2.24, 2.45) is 0 Å². The van der Waals surface area contributed by atoms with Gasteiger partial charge >= 0.3 is 0 Å². The summed E-state index contributed by atoms with van der Waals surface area (Å²) in [6.07, 6.45) is 2.09. The molecule has 21 heavy (non-hydrogen) atoms. The molecule has 2 aromatic heterocycles. The zero-order chi connectivity index (χ0) is 15.3. The van der Waals surface area contributed by atoms with Gasteiger partial charge < -0.3 is 4.57 Å². The Morgan fingerprint density at radius 1 is 0.905 bits per heavy atom. The van der Waals surface area contributed by atoms with E-state index in [0.29, 0.717) is 11.0 Å². The van der Waals surface area contributed by atoms with Crippen molar-refractivity contribution in [3.8, 4) is 5.69 Å². The van der Waals surface area contributed by atoms with Gasteiger partial charge in [0.25, 0.3) is 0 Å². The number of halogens is 1.